The fourth-order valence-corrected chi connectivity index (χ4v) is 2.95. The van der Waals surface area contributed by atoms with Gasteiger partial charge in [0.1, 0.15) is 12.3 Å². The maximum atomic E-state index is 12.6. The van der Waals surface area contributed by atoms with E-state index in [9.17, 15) is 9.59 Å². The highest BCUT2D eigenvalue weighted by atomic mass is 16.5. The third-order valence-electron chi connectivity index (χ3n) is 4.30. The predicted molar refractivity (Wildman–Crippen MR) is 105 cm³/mol. The first kappa shape index (κ1) is 18.6. The van der Waals surface area contributed by atoms with Crippen LogP contribution in [0.3, 0.4) is 0 Å². The number of Topliss-reactive ketones (excluding diaryl/α,β-unsaturated/α-hetero) is 1. The molecule has 1 aromatic heterocycles. The first-order valence-electron chi connectivity index (χ1n) is 8.90. The second kappa shape index (κ2) is 7.99. The Morgan fingerprint density at radius 1 is 1.04 bits per heavy atom. The van der Waals surface area contributed by atoms with Crippen molar-refractivity contribution in [3.63, 3.8) is 0 Å². The molecule has 0 spiro atoms. The molecule has 0 N–H and O–H groups in total. The lowest BCUT2D eigenvalue weighted by Crippen LogP contribution is -2.26. The number of hydrogen-bond donors (Lipinski definition) is 0. The summed E-state index contributed by atoms with van der Waals surface area (Å²) in [6.45, 7) is 6.31. The van der Waals surface area contributed by atoms with Crippen molar-refractivity contribution in [1.29, 1.82) is 0 Å². The molecule has 3 aromatic rings. The summed E-state index contributed by atoms with van der Waals surface area (Å²) in [6, 6.07) is 16.2. The molecule has 0 aliphatic rings. The molecule has 138 valence electrons. The summed E-state index contributed by atoms with van der Waals surface area (Å²) in [5.74, 6) is 0.644. The number of carbonyl (C=O) groups excluding carboxylic acids is 1. The molecule has 0 amide bonds. The highest BCUT2D eigenvalue weighted by Crippen LogP contribution is 2.20. The van der Waals surface area contributed by atoms with Gasteiger partial charge in [0.25, 0.3) is 5.56 Å². The number of benzene rings is 2. The van der Waals surface area contributed by atoms with Crippen molar-refractivity contribution in [2.24, 2.45) is 0 Å². The second-order valence-corrected chi connectivity index (χ2v) is 6.41. The van der Waals surface area contributed by atoms with E-state index in [1.807, 2.05) is 57.2 Å². The molecule has 5 nitrogen and oxygen atoms in total. The van der Waals surface area contributed by atoms with Crippen LogP contribution in [0.15, 0.2) is 59.4 Å². The molecule has 1 heterocycles. The molecule has 0 atom stereocenters. The molecular formula is C22H22N2O3. The summed E-state index contributed by atoms with van der Waals surface area (Å²) in [7, 11) is 0. The predicted octanol–water partition coefficient (Wildman–Crippen LogP) is 3.81. The topological polar surface area (TPSA) is 61.2 Å². The molecule has 5 heteroatoms. The van der Waals surface area contributed by atoms with Crippen LogP contribution in [-0.4, -0.2) is 22.2 Å². The molecule has 3 rings (SSSR count). The summed E-state index contributed by atoms with van der Waals surface area (Å²) in [4.78, 5) is 24.8. The SMILES string of the molecule is CCOc1ccc(-c2ccc(=O)n(CC(=O)c3ccc(C)cc3C)n2)cc1. The average Bonchev–Trinajstić information content (AvgIpc) is 2.64. The Balaban J connectivity index is 1.87. The van der Waals surface area contributed by atoms with Crippen molar-refractivity contribution in [3.8, 4) is 17.0 Å². The van der Waals surface area contributed by atoms with Crippen molar-refractivity contribution in [2.45, 2.75) is 27.3 Å². The van der Waals surface area contributed by atoms with Crippen LogP contribution in [0.25, 0.3) is 11.3 Å². The maximum Gasteiger partial charge on any atom is 0.267 e. The highest BCUT2D eigenvalue weighted by molar-refractivity contribution is 5.97. The first-order chi connectivity index (χ1) is 13.0. The number of nitrogens with zero attached hydrogens (tertiary/aromatic N) is 2. The van der Waals surface area contributed by atoms with Gasteiger partial charge in [-0.25, -0.2) is 4.68 Å². The van der Waals surface area contributed by atoms with Gasteiger partial charge in [-0.05, 0) is 56.7 Å². The number of hydrogen-bond acceptors (Lipinski definition) is 4. The van der Waals surface area contributed by atoms with Gasteiger partial charge < -0.3 is 4.74 Å². The van der Waals surface area contributed by atoms with Gasteiger partial charge in [0.2, 0.25) is 0 Å². The Hall–Kier alpha value is -3.21. The summed E-state index contributed by atoms with van der Waals surface area (Å²) in [6.07, 6.45) is 0. The fourth-order valence-electron chi connectivity index (χ4n) is 2.95. The molecule has 0 radical (unpaired) electrons. The van der Waals surface area contributed by atoms with Crippen molar-refractivity contribution in [1.82, 2.24) is 9.78 Å². The lowest BCUT2D eigenvalue weighted by molar-refractivity contribution is 0.0965. The average molecular weight is 362 g/mol. The highest BCUT2D eigenvalue weighted by Gasteiger charge is 2.12. The third-order valence-corrected chi connectivity index (χ3v) is 4.30. The Labute approximate surface area is 158 Å². The monoisotopic (exact) mass is 362 g/mol. The summed E-state index contributed by atoms with van der Waals surface area (Å²) < 4.78 is 6.66. The molecule has 0 fully saturated rings. The number of ketones is 1. The van der Waals surface area contributed by atoms with Crippen molar-refractivity contribution < 1.29 is 9.53 Å². The van der Waals surface area contributed by atoms with Gasteiger partial charge in [-0.3, -0.25) is 9.59 Å². The van der Waals surface area contributed by atoms with Crippen LogP contribution in [-0.2, 0) is 6.54 Å². The van der Waals surface area contributed by atoms with Gasteiger partial charge in [0.05, 0.1) is 12.3 Å². The summed E-state index contributed by atoms with van der Waals surface area (Å²) in [5, 5.41) is 4.37. The molecule has 0 saturated heterocycles. The Bertz CT molecular complexity index is 1020. The molecule has 0 unspecified atom stereocenters. The van der Waals surface area contributed by atoms with Gasteiger partial charge in [0, 0.05) is 17.2 Å². The molecule has 0 aliphatic carbocycles. The molecular weight excluding hydrogens is 340 g/mol. The van der Waals surface area contributed by atoms with Crippen LogP contribution in [0.1, 0.15) is 28.4 Å². The Morgan fingerprint density at radius 3 is 2.44 bits per heavy atom. The Morgan fingerprint density at radius 2 is 1.78 bits per heavy atom. The van der Waals surface area contributed by atoms with E-state index in [0.29, 0.717) is 17.9 Å². The van der Waals surface area contributed by atoms with E-state index in [4.69, 9.17) is 4.74 Å². The second-order valence-electron chi connectivity index (χ2n) is 6.41. The van der Waals surface area contributed by atoms with Crippen LogP contribution < -0.4 is 10.3 Å². The zero-order chi connectivity index (χ0) is 19.4. The lowest BCUT2D eigenvalue weighted by Gasteiger charge is -2.09. The van der Waals surface area contributed by atoms with Crippen LogP contribution in [0, 0.1) is 13.8 Å². The van der Waals surface area contributed by atoms with Gasteiger partial charge in [-0.2, -0.15) is 5.10 Å². The van der Waals surface area contributed by atoms with Gasteiger partial charge >= 0.3 is 0 Å². The standard InChI is InChI=1S/C22H22N2O3/c1-4-27-18-8-6-17(7-9-18)20-11-12-22(26)24(23-20)14-21(25)19-10-5-15(2)13-16(19)3/h5-13H,4,14H2,1-3H3. The van der Waals surface area contributed by atoms with E-state index >= 15 is 0 Å². The first-order valence-corrected chi connectivity index (χ1v) is 8.90. The molecule has 0 bridgehead atoms. The quantitative estimate of drug-likeness (QED) is 0.626. The normalized spacial score (nSPS) is 10.6. The molecule has 0 aliphatic heterocycles. The zero-order valence-electron chi connectivity index (χ0n) is 15.7. The summed E-state index contributed by atoms with van der Waals surface area (Å²) in [5.41, 5.74) is 3.79. The van der Waals surface area contributed by atoms with E-state index in [0.717, 1.165) is 22.4 Å². The fraction of sp³-hybridized carbons (Fsp3) is 0.227. The van der Waals surface area contributed by atoms with Gasteiger partial charge in [0.15, 0.2) is 5.78 Å². The smallest absolute Gasteiger partial charge is 0.267 e. The van der Waals surface area contributed by atoms with E-state index in [2.05, 4.69) is 5.10 Å². The van der Waals surface area contributed by atoms with Crippen molar-refractivity contribution >= 4 is 5.78 Å². The van der Waals surface area contributed by atoms with Gasteiger partial charge in [-0.15, -0.1) is 0 Å². The minimum atomic E-state index is -0.303. The minimum Gasteiger partial charge on any atom is -0.494 e. The van der Waals surface area contributed by atoms with Crippen LogP contribution in [0.4, 0.5) is 0 Å². The summed E-state index contributed by atoms with van der Waals surface area (Å²) >= 11 is 0. The number of ether oxygens (including phenoxy) is 1. The Kier molecular flexibility index (Phi) is 5.50. The van der Waals surface area contributed by atoms with Crippen LogP contribution in [0.2, 0.25) is 0 Å². The van der Waals surface area contributed by atoms with Crippen molar-refractivity contribution in [2.75, 3.05) is 6.61 Å². The zero-order valence-corrected chi connectivity index (χ0v) is 15.7. The van der Waals surface area contributed by atoms with Crippen molar-refractivity contribution in [3.05, 3.63) is 81.6 Å². The largest absolute Gasteiger partial charge is 0.494 e. The number of aryl methyl sites for hydroxylation is 2. The van der Waals surface area contributed by atoms with E-state index < -0.39 is 0 Å². The minimum absolute atomic E-state index is 0.0897. The molecule has 2 aromatic carbocycles. The third kappa shape index (κ3) is 4.31. The van der Waals surface area contributed by atoms with E-state index in [-0.39, 0.29) is 17.9 Å². The molecule has 0 saturated carbocycles. The van der Waals surface area contributed by atoms with Gasteiger partial charge in [-0.1, -0.05) is 23.8 Å². The van der Waals surface area contributed by atoms with E-state index in [1.54, 1.807) is 12.1 Å². The molecule has 27 heavy (non-hydrogen) atoms. The van der Waals surface area contributed by atoms with Crippen LogP contribution >= 0.6 is 0 Å². The van der Waals surface area contributed by atoms with E-state index in [1.165, 1.54) is 10.7 Å². The number of aromatic nitrogens is 2. The lowest BCUT2D eigenvalue weighted by atomic mass is 10.0. The van der Waals surface area contributed by atoms with Crippen LogP contribution in [0.5, 0.6) is 5.75 Å². The number of carbonyl (C=O) groups is 1. The maximum absolute atomic E-state index is 12.6. The number of rotatable bonds is 6.